The molecule has 18 heavy (non-hydrogen) atoms. The Morgan fingerprint density at radius 3 is 2.89 bits per heavy atom. The van der Waals surface area contributed by atoms with Gasteiger partial charge in [-0.2, -0.15) is 4.37 Å². The van der Waals surface area contributed by atoms with Gasteiger partial charge in [0.05, 0.1) is 0 Å². The molecule has 1 aromatic carbocycles. The summed E-state index contributed by atoms with van der Waals surface area (Å²) in [4.78, 5) is 16.9. The van der Waals surface area contributed by atoms with Crippen LogP contribution in [0.3, 0.4) is 0 Å². The molecule has 0 fully saturated rings. The van der Waals surface area contributed by atoms with E-state index in [9.17, 15) is 4.79 Å². The first-order valence-corrected chi connectivity index (χ1v) is 7.79. The van der Waals surface area contributed by atoms with E-state index in [4.69, 9.17) is 0 Å². The minimum atomic E-state index is 0.0547. The fourth-order valence-corrected chi connectivity index (χ4v) is 3.56. The Morgan fingerprint density at radius 1 is 1.50 bits per heavy atom. The van der Waals surface area contributed by atoms with Crippen molar-refractivity contribution in [2.24, 2.45) is 0 Å². The molecule has 0 radical (unpaired) electrons. The number of aryl methyl sites for hydroxylation is 1. The third kappa shape index (κ3) is 3.18. The number of aromatic nitrogens is 2. The molecular weight excluding hydrogens is 332 g/mol. The molecule has 0 bridgehead atoms. The van der Waals surface area contributed by atoms with E-state index in [0.717, 1.165) is 26.0 Å². The molecule has 0 unspecified atom stereocenters. The van der Waals surface area contributed by atoms with E-state index < -0.39 is 0 Å². The molecule has 2 rings (SSSR count). The Labute approximate surface area is 122 Å². The van der Waals surface area contributed by atoms with Crippen molar-refractivity contribution in [3.63, 3.8) is 0 Å². The molecule has 0 saturated carbocycles. The van der Waals surface area contributed by atoms with Gasteiger partial charge in [0.1, 0.15) is 5.82 Å². The van der Waals surface area contributed by atoms with Crippen molar-refractivity contribution in [2.45, 2.75) is 29.5 Å². The maximum Gasteiger partial charge on any atom is 0.174 e. The smallest absolute Gasteiger partial charge is 0.174 e. The number of nitrogens with zero attached hydrogens (tertiary/aromatic N) is 2. The van der Waals surface area contributed by atoms with Crippen LogP contribution in [0.1, 0.15) is 30.0 Å². The summed E-state index contributed by atoms with van der Waals surface area (Å²) >= 11 is 6.24. The van der Waals surface area contributed by atoms with Gasteiger partial charge in [0, 0.05) is 21.4 Å². The monoisotopic (exact) mass is 342 g/mol. The molecular formula is C12H11BrN2OS2. The molecule has 6 heteroatoms. The van der Waals surface area contributed by atoms with Crippen LogP contribution < -0.4 is 0 Å². The lowest BCUT2D eigenvalue weighted by molar-refractivity contribution is 0.101. The Balaban J connectivity index is 2.30. The van der Waals surface area contributed by atoms with Gasteiger partial charge in [-0.1, -0.05) is 34.6 Å². The van der Waals surface area contributed by atoms with Crippen molar-refractivity contribution in [3.8, 4) is 0 Å². The Morgan fingerprint density at radius 2 is 2.28 bits per heavy atom. The van der Waals surface area contributed by atoms with E-state index in [1.807, 2.05) is 25.1 Å². The summed E-state index contributed by atoms with van der Waals surface area (Å²) in [6.07, 6.45) is 0.830. The number of rotatable bonds is 4. The van der Waals surface area contributed by atoms with Crippen molar-refractivity contribution >= 4 is 45.0 Å². The van der Waals surface area contributed by atoms with Crippen LogP contribution >= 0.6 is 39.2 Å². The van der Waals surface area contributed by atoms with Gasteiger partial charge in [-0.25, -0.2) is 4.98 Å². The van der Waals surface area contributed by atoms with E-state index in [-0.39, 0.29) is 5.78 Å². The highest BCUT2D eigenvalue weighted by molar-refractivity contribution is 9.10. The second-order valence-corrected chi connectivity index (χ2v) is 6.59. The maximum atomic E-state index is 11.6. The molecule has 1 aromatic heterocycles. The van der Waals surface area contributed by atoms with Crippen molar-refractivity contribution in [3.05, 3.63) is 34.1 Å². The van der Waals surface area contributed by atoms with Crippen molar-refractivity contribution < 1.29 is 4.79 Å². The second kappa shape index (κ2) is 5.95. The van der Waals surface area contributed by atoms with Gasteiger partial charge >= 0.3 is 0 Å². The lowest BCUT2D eigenvalue weighted by Crippen LogP contribution is -1.95. The predicted octanol–water partition coefficient (Wildman–Crippen LogP) is 4.22. The Kier molecular flexibility index (Phi) is 4.53. The largest absolute Gasteiger partial charge is 0.294 e. The van der Waals surface area contributed by atoms with Gasteiger partial charge < -0.3 is 0 Å². The minimum absolute atomic E-state index is 0.0547. The average Bonchev–Trinajstić information content (AvgIpc) is 2.79. The molecule has 0 aliphatic heterocycles. The summed E-state index contributed by atoms with van der Waals surface area (Å²) < 4.78 is 6.02. The molecule has 0 amide bonds. The quantitative estimate of drug-likeness (QED) is 0.780. The molecule has 0 spiro atoms. The molecule has 3 nitrogen and oxygen atoms in total. The fraction of sp³-hybridized carbons (Fsp3) is 0.250. The van der Waals surface area contributed by atoms with Gasteiger partial charge in [-0.15, -0.1) is 0 Å². The summed E-state index contributed by atoms with van der Waals surface area (Å²) in [6.45, 7) is 3.60. The van der Waals surface area contributed by atoms with E-state index in [1.165, 1.54) is 23.3 Å². The maximum absolute atomic E-state index is 11.6. The zero-order valence-electron chi connectivity index (χ0n) is 9.94. The lowest BCUT2D eigenvalue weighted by Gasteiger charge is -2.04. The SMILES string of the molecule is CCc1nsc(Sc2ccc(Br)cc2C(C)=O)n1. The van der Waals surface area contributed by atoms with Crippen molar-refractivity contribution in [1.29, 1.82) is 0 Å². The second-order valence-electron chi connectivity index (χ2n) is 3.63. The zero-order valence-corrected chi connectivity index (χ0v) is 13.2. The molecule has 1 heterocycles. The molecule has 0 saturated heterocycles. The van der Waals surface area contributed by atoms with Gasteiger partial charge in [0.25, 0.3) is 0 Å². The highest BCUT2D eigenvalue weighted by Gasteiger charge is 2.12. The van der Waals surface area contributed by atoms with Crippen LogP contribution in [0, 0.1) is 0 Å². The first kappa shape index (κ1) is 13.7. The van der Waals surface area contributed by atoms with Crippen LogP contribution in [0.5, 0.6) is 0 Å². The van der Waals surface area contributed by atoms with Crippen LogP contribution in [0.25, 0.3) is 0 Å². The number of halogens is 1. The van der Waals surface area contributed by atoms with Crippen LogP contribution in [0.4, 0.5) is 0 Å². The molecule has 0 atom stereocenters. The molecule has 0 N–H and O–H groups in total. The predicted molar refractivity (Wildman–Crippen MR) is 77.6 cm³/mol. The van der Waals surface area contributed by atoms with E-state index in [2.05, 4.69) is 25.3 Å². The van der Waals surface area contributed by atoms with Gasteiger partial charge in [0.2, 0.25) is 0 Å². The molecule has 0 aliphatic rings. The molecule has 0 aliphatic carbocycles. The standard InChI is InChI=1S/C12H11BrN2OS2/c1-3-11-14-12(18-15-11)17-10-5-4-8(13)6-9(10)7(2)16/h4-6H,3H2,1-2H3. The van der Waals surface area contributed by atoms with Gasteiger partial charge in [0.15, 0.2) is 10.1 Å². The first-order valence-electron chi connectivity index (χ1n) is 5.41. The lowest BCUT2D eigenvalue weighted by atomic mass is 10.1. The van der Waals surface area contributed by atoms with Crippen LogP contribution in [-0.2, 0) is 6.42 Å². The normalized spacial score (nSPS) is 10.6. The summed E-state index contributed by atoms with van der Waals surface area (Å²) in [6, 6.07) is 5.70. The van der Waals surface area contributed by atoms with Crippen LogP contribution in [-0.4, -0.2) is 15.1 Å². The topological polar surface area (TPSA) is 42.9 Å². The molecule has 94 valence electrons. The van der Waals surface area contributed by atoms with E-state index in [1.54, 1.807) is 6.92 Å². The number of Topliss-reactive ketones (excluding diaryl/α,β-unsaturated/α-hetero) is 1. The van der Waals surface area contributed by atoms with Crippen molar-refractivity contribution in [2.75, 3.05) is 0 Å². The third-order valence-electron chi connectivity index (χ3n) is 2.28. The van der Waals surface area contributed by atoms with Gasteiger partial charge in [-0.05, 0) is 36.7 Å². The van der Waals surface area contributed by atoms with E-state index in [0.29, 0.717) is 5.56 Å². The summed E-state index contributed by atoms with van der Waals surface area (Å²) in [5.41, 5.74) is 0.711. The highest BCUT2D eigenvalue weighted by Crippen LogP contribution is 2.33. The number of hydrogen-bond acceptors (Lipinski definition) is 5. The van der Waals surface area contributed by atoms with Crippen LogP contribution in [0.15, 0.2) is 31.9 Å². The highest BCUT2D eigenvalue weighted by atomic mass is 79.9. The van der Waals surface area contributed by atoms with Crippen molar-refractivity contribution in [1.82, 2.24) is 9.36 Å². The molecule has 2 aromatic rings. The minimum Gasteiger partial charge on any atom is -0.294 e. The zero-order chi connectivity index (χ0) is 13.1. The van der Waals surface area contributed by atoms with Crippen LogP contribution in [0.2, 0.25) is 0 Å². The fourth-order valence-electron chi connectivity index (χ4n) is 1.38. The Bertz CT molecular complexity index is 583. The average molecular weight is 343 g/mol. The number of ketones is 1. The van der Waals surface area contributed by atoms with E-state index >= 15 is 0 Å². The number of carbonyl (C=O) groups is 1. The summed E-state index contributed by atoms with van der Waals surface area (Å²) in [5, 5.41) is 0. The number of hydrogen-bond donors (Lipinski definition) is 0. The number of carbonyl (C=O) groups excluding carboxylic acids is 1. The Hall–Kier alpha value is -0.720. The first-order chi connectivity index (χ1) is 8.60. The third-order valence-corrected chi connectivity index (χ3v) is 4.64. The number of benzene rings is 1. The van der Waals surface area contributed by atoms with Gasteiger partial charge in [-0.3, -0.25) is 4.79 Å². The summed E-state index contributed by atoms with van der Waals surface area (Å²) in [7, 11) is 0. The summed E-state index contributed by atoms with van der Waals surface area (Å²) in [5.74, 6) is 0.906.